The van der Waals surface area contributed by atoms with Gasteiger partial charge >= 0.3 is 0 Å². The maximum Gasteiger partial charge on any atom is 0.168 e. The average Bonchev–Trinajstić information content (AvgIpc) is 2.43. The summed E-state index contributed by atoms with van der Waals surface area (Å²) in [5.74, 6) is -0.873. The summed E-state index contributed by atoms with van der Waals surface area (Å²) in [6.07, 6.45) is 0.996. The molecule has 4 nitrogen and oxygen atoms in total. The van der Waals surface area contributed by atoms with Gasteiger partial charge in [0.05, 0.1) is 0 Å². The van der Waals surface area contributed by atoms with Crippen molar-refractivity contribution in [1.29, 1.82) is 0 Å². The van der Waals surface area contributed by atoms with E-state index in [-0.39, 0.29) is 11.6 Å². The van der Waals surface area contributed by atoms with Crippen LogP contribution in [-0.2, 0) is 0 Å². The molecule has 2 heterocycles. The number of hydrogen-bond acceptors (Lipinski definition) is 4. The molecular formula is C14H22F2N4. The van der Waals surface area contributed by atoms with Crippen LogP contribution in [0.4, 0.5) is 20.4 Å². The molecule has 1 unspecified atom stereocenters. The highest BCUT2D eigenvalue weighted by Gasteiger charge is 2.26. The highest BCUT2D eigenvalue weighted by molar-refractivity contribution is 5.49. The van der Waals surface area contributed by atoms with Crippen LogP contribution in [-0.4, -0.2) is 49.2 Å². The third kappa shape index (κ3) is 3.00. The lowest BCUT2D eigenvalue weighted by molar-refractivity contribution is 0.212. The van der Waals surface area contributed by atoms with E-state index in [1.165, 1.54) is 0 Å². The summed E-state index contributed by atoms with van der Waals surface area (Å²) in [6, 6.07) is 1.29. The number of pyridine rings is 1. The molecule has 0 radical (unpaired) electrons. The number of hydrogen-bond donors (Lipinski definition) is 1. The summed E-state index contributed by atoms with van der Waals surface area (Å²) in [7, 11) is 2.07. The Labute approximate surface area is 118 Å². The molecule has 112 valence electrons. The number of nitrogens with one attached hydrogen (secondary N) is 1. The predicted molar refractivity (Wildman–Crippen MR) is 77.2 cm³/mol. The molecule has 0 aromatic carbocycles. The summed E-state index contributed by atoms with van der Waals surface area (Å²) in [5.41, 5.74) is 0. The number of halogens is 2. The van der Waals surface area contributed by atoms with Crippen LogP contribution in [0.5, 0.6) is 0 Å². The molecule has 0 saturated carbocycles. The van der Waals surface area contributed by atoms with Gasteiger partial charge in [0.1, 0.15) is 0 Å². The predicted octanol–water partition coefficient (Wildman–Crippen LogP) is 2.32. The van der Waals surface area contributed by atoms with Crippen LogP contribution < -0.4 is 10.2 Å². The average molecular weight is 284 g/mol. The van der Waals surface area contributed by atoms with Crippen LogP contribution in [0, 0.1) is 11.6 Å². The minimum atomic E-state index is -0.644. The van der Waals surface area contributed by atoms with E-state index < -0.39 is 11.6 Å². The van der Waals surface area contributed by atoms with Gasteiger partial charge in [-0.3, -0.25) is 4.90 Å². The lowest BCUT2D eigenvalue weighted by Gasteiger charge is -2.39. The van der Waals surface area contributed by atoms with Gasteiger partial charge in [-0.05, 0) is 20.4 Å². The lowest BCUT2D eigenvalue weighted by Crippen LogP contribution is -2.51. The van der Waals surface area contributed by atoms with E-state index in [2.05, 4.69) is 29.2 Å². The van der Waals surface area contributed by atoms with Gasteiger partial charge < -0.3 is 10.2 Å². The van der Waals surface area contributed by atoms with E-state index in [1.807, 2.05) is 11.8 Å². The molecular weight excluding hydrogens is 262 g/mol. The van der Waals surface area contributed by atoms with Crippen LogP contribution in [0.15, 0.2) is 6.07 Å². The summed E-state index contributed by atoms with van der Waals surface area (Å²) < 4.78 is 27.6. The van der Waals surface area contributed by atoms with Gasteiger partial charge in [-0.2, -0.15) is 0 Å². The molecule has 0 amide bonds. The van der Waals surface area contributed by atoms with Crippen molar-refractivity contribution in [3.63, 3.8) is 0 Å². The summed E-state index contributed by atoms with van der Waals surface area (Å²) in [6.45, 7) is 6.79. The van der Waals surface area contributed by atoms with Crippen molar-refractivity contribution >= 4 is 11.6 Å². The zero-order valence-electron chi connectivity index (χ0n) is 12.3. The van der Waals surface area contributed by atoms with Gasteiger partial charge in [0.25, 0.3) is 0 Å². The molecule has 2 rings (SSSR count). The fourth-order valence-electron chi connectivity index (χ4n) is 2.55. The number of anilines is 2. The SMILES string of the molecule is CCNc1nc(N2CCN(C)C(CC)C2)c(F)cc1F. The highest BCUT2D eigenvalue weighted by Crippen LogP contribution is 2.24. The van der Waals surface area contributed by atoms with E-state index in [0.29, 0.717) is 25.7 Å². The van der Waals surface area contributed by atoms with Gasteiger partial charge in [0, 0.05) is 38.3 Å². The Kier molecular flexibility index (Phi) is 4.75. The molecule has 1 saturated heterocycles. The first-order chi connectivity index (χ1) is 9.56. The Morgan fingerprint density at radius 3 is 2.70 bits per heavy atom. The van der Waals surface area contributed by atoms with Gasteiger partial charge in [-0.15, -0.1) is 0 Å². The second kappa shape index (κ2) is 6.35. The number of likely N-dealkylation sites (N-methyl/N-ethyl adjacent to an activating group) is 1. The maximum absolute atomic E-state index is 14.0. The largest absolute Gasteiger partial charge is 0.368 e. The molecule has 1 aromatic heterocycles. The Hall–Kier alpha value is -1.43. The molecule has 1 aromatic rings. The summed E-state index contributed by atoms with van der Waals surface area (Å²) in [4.78, 5) is 8.30. The van der Waals surface area contributed by atoms with Gasteiger partial charge in [0.2, 0.25) is 0 Å². The number of nitrogens with zero attached hydrogens (tertiary/aromatic N) is 3. The first-order valence-electron chi connectivity index (χ1n) is 7.11. The Balaban J connectivity index is 2.25. The maximum atomic E-state index is 14.0. The number of rotatable bonds is 4. The van der Waals surface area contributed by atoms with Crippen molar-refractivity contribution in [2.24, 2.45) is 0 Å². The molecule has 1 N–H and O–H groups in total. The lowest BCUT2D eigenvalue weighted by atomic mass is 10.1. The minimum Gasteiger partial charge on any atom is -0.368 e. The van der Waals surface area contributed by atoms with Crippen molar-refractivity contribution in [2.75, 3.05) is 43.4 Å². The Morgan fingerprint density at radius 2 is 2.05 bits per heavy atom. The van der Waals surface area contributed by atoms with Crippen molar-refractivity contribution < 1.29 is 8.78 Å². The van der Waals surface area contributed by atoms with Crippen LogP contribution in [0.1, 0.15) is 20.3 Å². The van der Waals surface area contributed by atoms with E-state index >= 15 is 0 Å². The molecule has 0 aliphatic carbocycles. The van der Waals surface area contributed by atoms with Crippen molar-refractivity contribution in [1.82, 2.24) is 9.88 Å². The normalized spacial score (nSPS) is 20.2. The van der Waals surface area contributed by atoms with Gasteiger partial charge in [-0.25, -0.2) is 13.8 Å². The zero-order chi connectivity index (χ0) is 14.7. The second-order valence-electron chi connectivity index (χ2n) is 5.14. The molecule has 6 heteroatoms. The van der Waals surface area contributed by atoms with Crippen LogP contribution in [0.2, 0.25) is 0 Å². The standard InChI is InChI=1S/C14H22F2N4/c1-4-10-9-20(7-6-19(10)3)14-12(16)8-11(15)13(18-14)17-5-2/h8,10H,4-7,9H2,1-3H3,(H,17,18). The quantitative estimate of drug-likeness (QED) is 0.919. The molecule has 1 fully saturated rings. The van der Waals surface area contributed by atoms with E-state index in [1.54, 1.807) is 0 Å². The minimum absolute atomic E-state index is 0.121. The molecule has 0 spiro atoms. The molecule has 1 aliphatic heterocycles. The van der Waals surface area contributed by atoms with Crippen molar-refractivity contribution in [3.8, 4) is 0 Å². The first kappa shape index (κ1) is 15.0. The Morgan fingerprint density at radius 1 is 1.30 bits per heavy atom. The highest BCUT2D eigenvalue weighted by atomic mass is 19.1. The fraction of sp³-hybridized carbons (Fsp3) is 0.643. The van der Waals surface area contributed by atoms with Crippen molar-refractivity contribution in [2.45, 2.75) is 26.3 Å². The van der Waals surface area contributed by atoms with Gasteiger partial charge in [0.15, 0.2) is 23.3 Å². The molecule has 1 aliphatic rings. The summed E-state index contributed by atoms with van der Waals surface area (Å²) >= 11 is 0. The third-order valence-electron chi connectivity index (χ3n) is 3.80. The zero-order valence-corrected chi connectivity index (χ0v) is 12.3. The third-order valence-corrected chi connectivity index (χ3v) is 3.80. The molecule has 0 bridgehead atoms. The van der Waals surface area contributed by atoms with Crippen LogP contribution >= 0.6 is 0 Å². The van der Waals surface area contributed by atoms with Crippen LogP contribution in [0.3, 0.4) is 0 Å². The van der Waals surface area contributed by atoms with E-state index in [4.69, 9.17) is 0 Å². The van der Waals surface area contributed by atoms with E-state index in [9.17, 15) is 8.78 Å². The van der Waals surface area contributed by atoms with Crippen molar-refractivity contribution in [3.05, 3.63) is 17.7 Å². The second-order valence-corrected chi connectivity index (χ2v) is 5.14. The molecule has 20 heavy (non-hydrogen) atoms. The fourth-order valence-corrected chi connectivity index (χ4v) is 2.55. The number of aromatic nitrogens is 1. The topological polar surface area (TPSA) is 31.4 Å². The van der Waals surface area contributed by atoms with Gasteiger partial charge in [-0.1, -0.05) is 6.92 Å². The Bertz CT molecular complexity index is 467. The smallest absolute Gasteiger partial charge is 0.168 e. The number of piperazine rings is 1. The van der Waals surface area contributed by atoms with Crippen LogP contribution in [0.25, 0.3) is 0 Å². The monoisotopic (exact) mass is 284 g/mol. The molecule has 1 atom stereocenters. The first-order valence-corrected chi connectivity index (χ1v) is 7.11. The summed E-state index contributed by atoms with van der Waals surface area (Å²) in [5, 5.41) is 2.83. The van der Waals surface area contributed by atoms with E-state index in [0.717, 1.165) is 19.0 Å².